The number of nitrogens with zero attached hydrogens (tertiary/aromatic N) is 1. The van der Waals surface area contributed by atoms with Gasteiger partial charge in [-0.1, -0.05) is 0 Å². The fraction of sp³-hybridized carbons (Fsp3) is 0.400. The van der Waals surface area contributed by atoms with E-state index in [0.717, 1.165) is 6.26 Å². The minimum atomic E-state index is -3.69. The lowest BCUT2D eigenvalue weighted by Gasteiger charge is -2.24. The number of fused-ring (bicyclic) bond motifs is 2. The van der Waals surface area contributed by atoms with Crippen LogP contribution in [0.5, 0.6) is 0 Å². The number of ether oxygens (including phenoxy) is 3. The number of amides is 1. The number of anilines is 1. The molecule has 0 saturated heterocycles. The second-order valence-corrected chi connectivity index (χ2v) is 10.5. The number of hydrogen-bond donors (Lipinski definition) is 1. The van der Waals surface area contributed by atoms with E-state index >= 15 is 0 Å². The van der Waals surface area contributed by atoms with Crippen LogP contribution in [0.1, 0.15) is 28.9 Å². The van der Waals surface area contributed by atoms with Crippen molar-refractivity contribution < 1.29 is 36.2 Å². The zero-order chi connectivity index (χ0) is 26.0. The average Bonchev–Trinajstić information content (AvgIpc) is 3.14. The number of hydrogen-bond acceptors (Lipinski definition) is 7. The predicted octanol–water partition coefficient (Wildman–Crippen LogP) is 3.49. The van der Waals surface area contributed by atoms with Crippen LogP contribution in [0, 0.1) is 5.82 Å². The quantitative estimate of drug-likeness (QED) is 0.453. The first kappa shape index (κ1) is 26.1. The van der Waals surface area contributed by atoms with Gasteiger partial charge in [0.25, 0.3) is 5.91 Å². The van der Waals surface area contributed by atoms with Gasteiger partial charge in [-0.05, 0) is 37.3 Å². The summed E-state index contributed by atoms with van der Waals surface area (Å²) >= 11 is 0. The molecule has 0 radical (unpaired) electrons. The maximum absolute atomic E-state index is 13.5. The fourth-order valence-electron chi connectivity index (χ4n) is 4.30. The number of nitrogens with one attached hydrogen (secondary N) is 1. The first-order valence-electron chi connectivity index (χ1n) is 11.4. The van der Waals surface area contributed by atoms with Crippen molar-refractivity contribution in [2.45, 2.75) is 19.1 Å². The van der Waals surface area contributed by atoms with E-state index in [-0.39, 0.29) is 30.4 Å². The summed E-state index contributed by atoms with van der Waals surface area (Å²) in [6.45, 7) is 2.81. The summed E-state index contributed by atoms with van der Waals surface area (Å²) in [6, 6.07) is 8.94. The lowest BCUT2D eigenvalue weighted by molar-refractivity contribution is -0.0503. The van der Waals surface area contributed by atoms with Crippen molar-refractivity contribution >= 4 is 32.6 Å². The van der Waals surface area contributed by atoms with Crippen molar-refractivity contribution in [3.63, 3.8) is 0 Å². The molecule has 0 spiro atoms. The van der Waals surface area contributed by atoms with Crippen LogP contribution in [-0.4, -0.2) is 67.2 Å². The number of benzene rings is 2. The van der Waals surface area contributed by atoms with Crippen LogP contribution in [-0.2, 0) is 24.2 Å². The molecule has 4 rings (SSSR count). The Hall–Kier alpha value is -2.99. The van der Waals surface area contributed by atoms with Crippen LogP contribution in [0.4, 0.5) is 10.1 Å². The van der Waals surface area contributed by atoms with E-state index in [1.165, 1.54) is 35.6 Å². The van der Waals surface area contributed by atoms with Gasteiger partial charge in [0.2, 0.25) is 10.0 Å². The Morgan fingerprint density at radius 2 is 1.94 bits per heavy atom. The van der Waals surface area contributed by atoms with Crippen LogP contribution in [0.3, 0.4) is 0 Å². The molecular formula is C25H29FN2O7S. The van der Waals surface area contributed by atoms with Crippen molar-refractivity contribution in [2.24, 2.45) is 0 Å². The standard InChI is InChI=1S/C25H29FN2O7S/c1-15-19-11-20-22(35-24(23(20)25(29)27-2)16-5-7-17(26)8-6-16)12-21(19)28(36(4,30)31)13-18(34-15)14-33-10-9-32-3/h5-8,11-12,15,18H,9-10,13-14H2,1-4H3,(H,27,29)/t15-,18-/m0/s1. The van der Waals surface area contributed by atoms with Gasteiger partial charge in [0.15, 0.2) is 0 Å². The van der Waals surface area contributed by atoms with Crippen molar-refractivity contribution in [3.8, 4) is 11.3 Å². The highest BCUT2D eigenvalue weighted by atomic mass is 32.2. The zero-order valence-corrected chi connectivity index (χ0v) is 21.4. The van der Waals surface area contributed by atoms with Crippen molar-refractivity contribution in [1.82, 2.24) is 5.32 Å². The second kappa shape index (κ2) is 10.6. The van der Waals surface area contributed by atoms with Gasteiger partial charge in [-0.25, -0.2) is 12.8 Å². The van der Waals surface area contributed by atoms with Gasteiger partial charge in [-0.3, -0.25) is 9.10 Å². The van der Waals surface area contributed by atoms with Gasteiger partial charge in [-0.2, -0.15) is 0 Å². The highest BCUT2D eigenvalue weighted by molar-refractivity contribution is 7.92. The molecule has 3 aromatic rings. The number of carbonyl (C=O) groups is 1. The maximum atomic E-state index is 13.5. The van der Waals surface area contributed by atoms with Gasteiger partial charge < -0.3 is 23.9 Å². The summed E-state index contributed by atoms with van der Waals surface area (Å²) in [5.41, 5.74) is 2.09. The summed E-state index contributed by atoms with van der Waals surface area (Å²) in [5.74, 6) is -0.549. The molecule has 1 aromatic heterocycles. The van der Waals surface area contributed by atoms with Crippen molar-refractivity contribution in [2.75, 3.05) is 51.1 Å². The van der Waals surface area contributed by atoms with E-state index in [0.29, 0.717) is 41.0 Å². The van der Waals surface area contributed by atoms with Crippen LogP contribution in [0.2, 0.25) is 0 Å². The normalized spacial score (nSPS) is 18.2. The smallest absolute Gasteiger partial charge is 0.255 e. The molecule has 0 fully saturated rings. The molecule has 1 amide bonds. The van der Waals surface area contributed by atoms with Crippen molar-refractivity contribution in [1.29, 1.82) is 0 Å². The predicted molar refractivity (Wildman–Crippen MR) is 133 cm³/mol. The fourth-order valence-corrected chi connectivity index (χ4v) is 5.25. The molecule has 2 heterocycles. The zero-order valence-electron chi connectivity index (χ0n) is 20.5. The molecule has 9 nitrogen and oxygen atoms in total. The minimum Gasteiger partial charge on any atom is -0.455 e. The maximum Gasteiger partial charge on any atom is 0.255 e. The molecule has 194 valence electrons. The molecule has 0 unspecified atom stereocenters. The Balaban J connectivity index is 1.85. The van der Waals surface area contributed by atoms with Gasteiger partial charge in [0.1, 0.15) is 23.3 Å². The Kier molecular flexibility index (Phi) is 7.65. The average molecular weight is 521 g/mol. The lowest BCUT2D eigenvalue weighted by Crippen LogP contribution is -2.38. The molecular weight excluding hydrogens is 491 g/mol. The highest BCUT2D eigenvalue weighted by Crippen LogP contribution is 2.42. The number of rotatable bonds is 8. The van der Waals surface area contributed by atoms with E-state index < -0.39 is 28.0 Å². The third-order valence-electron chi connectivity index (χ3n) is 6.01. The summed E-state index contributed by atoms with van der Waals surface area (Å²) in [7, 11) is -0.620. The van der Waals surface area contributed by atoms with Crippen LogP contribution in [0.25, 0.3) is 22.3 Å². The number of sulfonamides is 1. The van der Waals surface area contributed by atoms with Crippen LogP contribution >= 0.6 is 0 Å². The van der Waals surface area contributed by atoms with Gasteiger partial charge >= 0.3 is 0 Å². The van der Waals surface area contributed by atoms with E-state index in [1.54, 1.807) is 19.2 Å². The van der Waals surface area contributed by atoms with E-state index in [1.807, 2.05) is 6.92 Å². The molecule has 2 aromatic carbocycles. The Labute approximate surface area is 209 Å². The first-order chi connectivity index (χ1) is 17.1. The summed E-state index contributed by atoms with van der Waals surface area (Å²) in [4.78, 5) is 12.9. The first-order valence-corrected chi connectivity index (χ1v) is 13.3. The van der Waals surface area contributed by atoms with Gasteiger partial charge in [0, 0.05) is 36.7 Å². The lowest BCUT2D eigenvalue weighted by atomic mass is 10.0. The number of methoxy groups -OCH3 is 1. The van der Waals surface area contributed by atoms with E-state index in [4.69, 9.17) is 18.6 Å². The molecule has 36 heavy (non-hydrogen) atoms. The summed E-state index contributed by atoms with van der Waals surface area (Å²) in [5, 5.41) is 3.11. The van der Waals surface area contributed by atoms with Gasteiger partial charge in [0.05, 0.1) is 50.0 Å². The SMILES string of the molecule is CNC(=O)c1c(-c2ccc(F)cc2)oc2cc3c(cc12)[C@H](C)O[C@H](COCCOC)CN3S(C)(=O)=O. The number of furan rings is 1. The molecule has 0 bridgehead atoms. The van der Waals surface area contributed by atoms with Crippen LogP contribution < -0.4 is 9.62 Å². The summed E-state index contributed by atoms with van der Waals surface area (Å²) < 4.78 is 63.3. The Morgan fingerprint density at radius 3 is 2.58 bits per heavy atom. The Bertz CT molecular complexity index is 1350. The van der Waals surface area contributed by atoms with Gasteiger partial charge in [-0.15, -0.1) is 0 Å². The third-order valence-corrected chi connectivity index (χ3v) is 7.15. The molecule has 1 aliphatic heterocycles. The number of carbonyl (C=O) groups excluding carboxylic acids is 1. The van der Waals surface area contributed by atoms with Crippen LogP contribution in [0.15, 0.2) is 40.8 Å². The Morgan fingerprint density at radius 1 is 1.22 bits per heavy atom. The molecule has 11 heteroatoms. The molecule has 1 aliphatic rings. The monoisotopic (exact) mass is 520 g/mol. The van der Waals surface area contributed by atoms with E-state index in [2.05, 4.69) is 5.32 Å². The number of halogens is 1. The van der Waals surface area contributed by atoms with E-state index in [9.17, 15) is 17.6 Å². The summed E-state index contributed by atoms with van der Waals surface area (Å²) in [6.07, 6.45) is 0.0920. The molecule has 0 aliphatic carbocycles. The third kappa shape index (κ3) is 5.24. The minimum absolute atomic E-state index is 0.0441. The molecule has 2 atom stereocenters. The molecule has 0 saturated carbocycles. The molecule has 1 N–H and O–H groups in total. The highest BCUT2D eigenvalue weighted by Gasteiger charge is 2.34. The largest absolute Gasteiger partial charge is 0.455 e. The van der Waals surface area contributed by atoms with Crippen molar-refractivity contribution in [3.05, 3.63) is 53.3 Å². The topological polar surface area (TPSA) is 107 Å². The second-order valence-electron chi connectivity index (χ2n) is 8.56.